The van der Waals surface area contributed by atoms with Crippen molar-refractivity contribution in [2.45, 2.75) is 25.2 Å². The number of fused-ring (bicyclic) bond motifs is 1. The number of carbonyl (C=O) groups is 1. The van der Waals surface area contributed by atoms with Gasteiger partial charge < -0.3 is 19.7 Å². The van der Waals surface area contributed by atoms with Gasteiger partial charge in [0, 0.05) is 43.2 Å². The molecule has 1 amide bonds. The molecule has 0 saturated carbocycles. The number of nitrogens with zero attached hydrogens (tertiary/aromatic N) is 2. The van der Waals surface area contributed by atoms with Gasteiger partial charge in [-0.3, -0.25) is 4.79 Å². The number of methoxy groups -OCH3 is 2. The summed E-state index contributed by atoms with van der Waals surface area (Å²) in [6.07, 6.45) is 2.76. The Kier molecular flexibility index (Phi) is 4.41. The molecule has 1 fully saturated rings. The van der Waals surface area contributed by atoms with Crippen LogP contribution in [0.15, 0.2) is 30.3 Å². The maximum absolute atomic E-state index is 12.3. The van der Waals surface area contributed by atoms with Gasteiger partial charge in [0.25, 0.3) is 0 Å². The van der Waals surface area contributed by atoms with E-state index in [-0.39, 0.29) is 11.8 Å². The van der Waals surface area contributed by atoms with Crippen LogP contribution >= 0.6 is 0 Å². The van der Waals surface area contributed by atoms with Crippen molar-refractivity contribution in [1.82, 2.24) is 4.98 Å². The number of rotatable bonds is 4. The molecule has 6 heteroatoms. The third kappa shape index (κ3) is 2.96. The lowest BCUT2D eigenvalue weighted by Crippen LogP contribution is -2.25. The molecule has 1 atom stereocenters. The van der Waals surface area contributed by atoms with Crippen LogP contribution in [0.2, 0.25) is 0 Å². The van der Waals surface area contributed by atoms with E-state index < -0.39 is 0 Å². The van der Waals surface area contributed by atoms with Gasteiger partial charge in [0.2, 0.25) is 11.8 Å². The van der Waals surface area contributed by atoms with E-state index >= 15 is 0 Å². The second-order valence-electron chi connectivity index (χ2n) is 6.72. The fourth-order valence-electron chi connectivity index (χ4n) is 3.85. The number of anilines is 2. The van der Waals surface area contributed by atoms with Gasteiger partial charge in [-0.25, -0.2) is 4.98 Å². The number of aromatic nitrogens is 1. The molecule has 26 heavy (non-hydrogen) atoms. The Balaban J connectivity index is 1.81. The van der Waals surface area contributed by atoms with E-state index in [2.05, 4.69) is 21.3 Å². The largest absolute Gasteiger partial charge is 0.495 e. The molecule has 2 aliphatic rings. The lowest BCUT2D eigenvalue weighted by atomic mass is 9.87. The minimum Gasteiger partial charge on any atom is -0.495 e. The van der Waals surface area contributed by atoms with Gasteiger partial charge in [0.05, 0.1) is 25.6 Å². The van der Waals surface area contributed by atoms with Crippen LogP contribution in [-0.2, 0) is 4.79 Å². The van der Waals surface area contributed by atoms with E-state index in [1.165, 1.54) is 12.8 Å². The number of nitrogens with one attached hydrogen (secondary N) is 1. The van der Waals surface area contributed by atoms with Crippen LogP contribution in [0.25, 0.3) is 0 Å². The monoisotopic (exact) mass is 353 g/mol. The number of ether oxygens (including phenoxy) is 2. The molecule has 136 valence electrons. The van der Waals surface area contributed by atoms with Gasteiger partial charge >= 0.3 is 0 Å². The van der Waals surface area contributed by atoms with Crippen molar-refractivity contribution < 1.29 is 14.3 Å². The highest BCUT2D eigenvalue weighted by molar-refractivity contribution is 5.96. The van der Waals surface area contributed by atoms with E-state index in [0.29, 0.717) is 12.3 Å². The van der Waals surface area contributed by atoms with Crippen LogP contribution in [0.4, 0.5) is 11.4 Å². The summed E-state index contributed by atoms with van der Waals surface area (Å²) in [5, 5.41) is 2.98. The zero-order valence-corrected chi connectivity index (χ0v) is 15.1. The normalized spacial score (nSPS) is 19.1. The molecular formula is C20H23N3O3. The van der Waals surface area contributed by atoms with Gasteiger partial charge in [-0.2, -0.15) is 0 Å². The Labute approximate surface area is 153 Å². The highest BCUT2D eigenvalue weighted by Gasteiger charge is 2.30. The molecular weight excluding hydrogens is 330 g/mol. The second-order valence-corrected chi connectivity index (χ2v) is 6.72. The molecule has 2 aromatic rings. The van der Waals surface area contributed by atoms with Gasteiger partial charge in [-0.15, -0.1) is 0 Å². The molecule has 4 rings (SSSR count). The van der Waals surface area contributed by atoms with Crippen molar-refractivity contribution in [2.24, 2.45) is 0 Å². The smallest absolute Gasteiger partial charge is 0.225 e. The summed E-state index contributed by atoms with van der Waals surface area (Å²) < 4.78 is 10.9. The molecule has 6 nitrogen and oxygen atoms in total. The molecule has 0 spiro atoms. The van der Waals surface area contributed by atoms with E-state index in [1.807, 2.05) is 24.3 Å². The first kappa shape index (κ1) is 16.7. The Morgan fingerprint density at radius 3 is 2.69 bits per heavy atom. The first-order chi connectivity index (χ1) is 12.7. The topological polar surface area (TPSA) is 63.7 Å². The van der Waals surface area contributed by atoms with Crippen molar-refractivity contribution in [3.05, 3.63) is 41.6 Å². The third-order valence-corrected chi connectivity index (χ3v) is 5.15. The number of hydrogen-bond acceptors (Lipinski definition) is 5. The number of amides is 1. The second kappa shape index (κ2) is 6.86. The maximum atomic E-state index is 12.3. The van der Waals surface area contributed by atoms with Crippen LogP contribution in [0.3, 0.4) is 0 Å². The SMILES string of the molecule is COc1cccc(C2CC(=O)Nc3cc(OC)c(N4CCCC4)cc32)n1. The number of hydrogen-bond donors (Lipinski definition) is 1. The van der Waals surface area contributed by atoms with Crippen LogP contribution in [0.5, 0.6) is 11.6 Å². The predicted octanol–water partition coefficient (Wildman–Crippen LogP) is 3.17. The zero-order chi connectivity index (χ0) is 18.1. The first-order valence-electron chi connectivity index (χ1n) is 8.97. The molecule has 1 unspecified atom stereocenters. The molecule has 1 aromatic heterocycles. The molecule has 0 aliphatic carbocycles. The molecule has 1 aromatic carbocycles. The van der Waals surface area contributed by atoms with Gasteiger partial charge in [0.15, 0.2) is 0 Å². The zero-order valence-electron chi connectivity index (χ0n) is 15.1. The summed E-state index contributed by atoms with van der Waals surface area (Å²) >= 11 is 0. The van der Waals surface area contributed by atoms with Crippen LogP contribution in [0, 0.1) is 0 Å². The molecule has 2 aliphatic heterocycles. The molecule has 3 heterocycles. The highest BCUT2D eigenvalue weighted by Crippen LogP contribution is 2.43. The molecule has 1 saturated heterocycles. The summed E-state index contributed by atoms with van der Waals surface area (Å²) in [5.41, 5.74) is 3.81. The van der Waals surface area contributed by atoms with E-state index in [9.17, 15) is 4.79 Å². The third-order valence-electron chi connectivity index (χ3n) is 5.15. The summed E-state index contributed by atoms with van der Waals surface area (Å²) in [5.74, 6) is 1.25. The van der Waals surface area contributed by atoms with E-state index in [0.717, 1.165) is 41.5 Å². The fraction of sp³-hybridized carbons (Fsp3) is 0.400. The summed E-state index contributed by atoms with van der Waals surface area (Å²) in [6.45, 7) is 2.06. The molecule has 0 bridgehead atoms. The quantitative estimate of drug-likeness (QED) is 0.915. The summed E-state index contributed by atoms with van der Waals surface area (Å²) in [7, 11) is 3.27. The van der Waals surface area contributed by atoms with Crippen LogP contribution in [-0.4, -0.2) is 38.2 Å². The van der Waals surface area contributed by atoms with Crippen LogP contribution in [0.1, 0.15) is 36.4 Å². The summed E-state index contributed by atoms with van der Waals surface area (Å²) in [6, 6.07) is 9.78. The van der Waals surface area contributed by atoms with Crippen molar-refractivity contribution >= 4 is 17.3 Å². The lowest BCUT2D eigenvalue weighted by molar-refractivity contribution is -0.116. The number of pyridine rings is 1. The minimum absolute atomic E-state index is 0.0110. The van der Waals surface area contributed by atoms with Crippen LogP contribution < -0.4 is 19.7 Å². The first-order valence-corrected chi connectivity index (χ1v) is 8.97. The fourth-order valence-corrected chi connectivity index (χ4v) is 3.85. The Morgan fingerprint density at radius 1 is 1.15 bits per heavy atom. The average molecular weight is 353 g/mol. The van der Waals surface area contributed by atoms with E-state index in [1.54, 1.807) is 14.2 Å². The molecule has 0 radical (unpaired) electrons. The van der Waals surface area contributed by atoms with Gasteiger partial charge in [0.1, 0.15) is 5.75 Å². The Hall–Kier alpha value is -2.76. The van der Waals surface area contributed by atoms with Gasteiger partial charge in [-0.05, 0) is 30.5 Å². The van der Waals surface area contributed by atoms with E-state index in [4.69, 9.17) is 9.47 Å². The number of carbonyl (C=O) groups excluding carboxylic acids is 1. The summed E-state index contributed by atoms with van der Waals surface area (Å²) in [4.78, 5) is 19.2. The standard InChI is InChI=1S/C20H23N3O3/c1-25-18-12-16-13(10-17(18)23-8-3-4-9-23)14(11-19(24)21-16)15-6-5-7-20(22-15)26-2/h5-7,10,12,14H,3-4,8-9,11H2,1-2H3,(H,21,24). The molecule has 1 N–H and O–H groups in total. The Bertz CT molecular complexity index is 831. The highest BCUT2D eigenvalue weighted by atomic mass is 16.5. The maximum Gasteiger partial charge on any atom is 0.225 e. The van der Waals surface area contributed by atoms with Crippen molar-refractivity contribution in [3.63, 3.8) is 0 Å². The Morgan fingerprint density at radius 2 is 1.96 bits per heavy atom. The minimum atomic E-state index is -0.0962. The van der Waals surface area contributed by atoms with Gasteiger partial charge in [-0.1, -0.05) is 6.07 Å². The van der Waals surface area contributed by atoms with Crippen molar-refractivity contribution in [3.8, 4) is 11.6 Å². The number of benzene rings is 1. The van der Waals surface area contributed by atoms with Crippen molar-refractivity contribution in [1.29, 1.82) is 0 Å². The average Bonchev–Trinajstić information content (AvgIpc) is 3.21. The predicted molar refractivity (Wildman–Crippen MR) is 100 cm³/mol. The van der Waals surface area contributed by atoms with Crippen molar-refractivity contribution in [2.75, 3.05) is 37.5 Å². The lowest BCUT2D eigenvalue weighted by Gasteiger charge is -2.29.